The van der Waals surface area contributed by atoms with Crippen LogP contribution in [0.4, 0.5) is 0 Å². The quantitative estimate of drug-likeness (QED) is 0.781. The van der Waals surface area contributed by atoms with Crippen molar-refractivity contribution in [2.75, 3.05) is 0 Å². The van der Waals surface area contributed by atoms with Crippen molar-refractivity contribution in [3.8, 4) is 0 Å². The highest BCUT2D eigenvalue weighted by molar-refractivity contribution is 6.09. The van der Waals surface area contributed by atoms with Gasteiger partial charge in [0.2, 0.25) is 0 Å². The van der Waals surface area contributed by atoms with Crippen molar-refractivity contribution in [1.82, 2.24) is 10.6 Å². The third kappa shape index (κ3) is 2.21. The molecule has 0 unspecified atom stereocenters. The molecule has 0 spiro atoms. The van der Waals surface area contributed by atoms with Crippen LogP contribution in [0.1, 0.15) is 43.4 Å². The lowest BCUT2D eigenvalue weighted by molar-refractivity contribution is 0.0913. The number of hydrogen-bond acceptors (Lipinski definition) is 3. The van der Waals surface area contributed by atoms with E-state index in [9.17, 15) is 9.59 Å². The number of amides is 2. The third-order valence-corrected chi connectivity index (χ3v) is 4.67. The van der Waals surface area contributed by atoms with Crippen LogP contribution in [0.25, 0.3) is 0 Å². The Labute approximate surface area is 133 Å². The molecule has 5 heteroatoms. The van der Waals surface area contributed by atoms with E-state index < -0.39 is 0 Å². The summed E-state index contributed by atoms with van der Waals surface area (Å²) in [6, 6.07) is 12.9. The largest absolute Gasteiger partial charge is 0.348 e. The molecule has 1 aliphatic carbocycles. The molecule has 2 amide bonds. The van der Waals surface area contributed by atoms with Crippen LogP contribution in [0.15, 0.2) is 42.5 Å². The van der Waals surface area contributed by atoms with E-state index in [1.54, 1.807) is 12.1 Å². The number of hydrogen-bond donors (Lipinski definition) is 3. The van der Waals surface area contributed by atoms with Gasteiger partial charge in [0, 0.05) is 6.54 Å². The maximum atomic E-state index is 12.7. The molecule has 23 heavy (non-hydrogen) atoms. The maximum absolute atomic E-state index is 12.7. The van der Waals surface area contributed by atoms with Crippen molar-refractivity contribution in [3.63, 3.8) is 0 Å². The average molecular weight is 307 g/mol. The van der Waals surface area contributed by atoms with Crippen LogP contribution in [-0.2, 0) is 13.0 Å². The molecule has 2 aliphatic rings. The fraction of sp³-hybridized carbons (Fsp3) is 0.222. The second-order valence-corrected chi connectivity index (χ2v) is 6.03. The van der Waals surface area contributed by atoms with Gasteiger partial charge >= 0.3 is 0 Å². The van der Waals surface area contributed by atoms with Crippen LogP contribution in [0, 0.1) is 0 Å². The normalized spacial score (nSPS) is 21.5. The van der Waals surface area contributed by atoms with Gasteiger partial charge in [-0.25, -0.2) is 0 Å². The summed E-state index contributed by atoms with van der Waals surface area (Å²) < 4.78 is 0. The molecular formula is C18H17N3O2. The molecule has 2 aromatic rings. The molecule has 1 heterocycles. The molecule has 0 bridgehead atoms. The predicted octanol–water partition coefficient (Wildman–Crippen LogP) is 1.28. The zero-order valence-electron chi connectivity index (χ0n) is 12.5. The molecule has 0 saturated carbocycles. The highest BCUT2D eigenvalue weighted by Gasteiger charge is 2.32. The number of carbonyl (C=O) groups excluding carboxylic acids is 2. The molecule has 116 valence electrons. The minimum Gasteiger partial charge on any atom is -0.348 e. The van der Waals surface area contributed by atoms with Gasteiger partial charge in [0.15, 0.2) is 0 Å². The van der Waals surface area contributed by atoms with Crippen LogP contribution in [-0.4, -0.2) is 17.9 Å². The van der Waals surface area contributed by atoms with E-state index in [2.05, 4.69) is 10.6 Å². The van der Waals surface area contributed by atoms with Gasteiger partial charge in [-0.2, -0.15) is 0 Å². The van der Waals surface area contributed by atoms with Gasteiger partial charge in [-0.1, -0.05) is 36.4 Å². The van der Waals surface area contributed by atoms with Crippen LogP contribution in [0.5, 0.6) is 0 Å². The number of nitrogens with two attached hydrogens (primary N) is 1. The Morgan fingerprint density at radius 3 is 2.74 bits per heavy atom. The van der Waals surface area contributed by atoms with Crippen molar-refractivity contribution >= 4 is 11.8 Å². The minimum atomic E-state index is -0.243. The van der Waals surface area contributed by atoms with Gasteiger partial charge in [-0.3, -0.25) is 9.59 Å². The van der Waals surface area contributed by atoms with E-state index in [1.807, 2.05) is 30.3 Å². The highest BCUT2D eigenvalue weighted by atomic mass is 16.2. The van der Waals surface area contributed by atoms with Gasteiger partial charge in [-0.05, 0) is 29.2 Å². The van der Waals surface area contributed by atoms with E-state index in [0.717, 1.165) is 11.1 Å². The van der Waals surface area contributed by atoms with E-state index >= 15 is 0 Å². The predicted molar refractivity (Wildman–Crippen MR) is 85.9 cm³/mol. The fourth-order valence-electron chi connectivity index (χ4n) is 3.48. The lowest BCUT2D eigenvalue weighted by Gasteiger charge is -2.18. The van der Waals surface area contributed by atoms with Crippen molar-refractivity contribution in [3.05, 3.63) is 70.3 Å². The topological polar surface area (TPSA) is 84.2 Å². The third-order valence-electron chi connectivity index (χ3n) is 4.67. The van der Waals surface area contributed by atoms with Crippen LogP contribution in [0.3, 0.4) is 0 Å². The fourth-order valence-corrected chi connectivity index (χ4v) is 3.48. The monoisotopic (exact) mass is 307 g/mol. The van der Waals surface area contributed by atoms with Crippen LogP contribution < -0.4 is 16.4 Å². The summed E-state index contributed by atoms with van der Waals surface area (Å²) >= 11 is 0. The SMILES string of the molecule is N[C@@H]1c2ccccc2C[C@H]1NC(=O)c1cccc2c1C(=O)NC2. The number of rotatable bonds is 2. The van der Waals surface area contributed by atoms with E-state index in [1.165, 1.54) is 5.56 Å². The molecule has 0 aromatic heterocycles. The first kappa shape index (κ1) is 14.0. The molecule has 5 nitrogen and oxygen atoms in total. The summed E-state index contributed by atoms with van der Waals surface area (Å²) in [5.41, 5.74) is 10.3. The molecule has 2 atom stereocenters. The molecule has 0 radical (unpaired) electrons. The molecule has 4 rings (SSSR count). The Kier molecular flexibility index (Phi) is 3.16. The van der Waals surface area contributed by atoms with Gasteiger partial charge < -0.3 is 16.4 Å². The molecule has 0 saturated heterocycles. The summed E-state index contributed by atoms with van der Waals surface area (Å²) in [6.07, 6.45) is 0.713. The smallest absolute Gasteiger partial charge is 0.252 e. The Bertz CT molecular complexity index is 816. The number of carbonyl (C=O) groups is 2. The summed E-state index contributed by atoms with van der Waals surface area (Å²) in [7, 11) is 0. The molecule has 4 N–H and O–H groups in total. The number of fused-ring (bicyclic) bond motifs is 2. The van der Waals surface area contributed by atoms with Crippen molar-refractivity contribution in [1.29, 1.82) is 0 Å². The van der Waals surface area contributed by atoms with Crippen molar-refractivity contribution in [2.24, 2.45) is 5.73 Å². The summed E-state index contributed by atoms with van der Waals surface area (Å²) in [5.74, 6) is -0.433. The molecular weight excluding hydrogens is 290 g/mol. The Balaban J connectivity index is 1.59. The zero-order valence-corrected chi connectivity index (χ0v) is 12.5. The van der Waals surface area contributed by atoms with E-state index in [0.29, 0.717) is 24.1 Å². The first-order valence-corrected chi connectivity index (χ1v) is 7.69. The molecule has 2 aromatic carbocycles. The van der Waals surface area contributed by atoms with Gasteiger partial charge in [0.05, 0.1) is 23.2 Å². The summed E-state index contributed by atoms with van der Waals surface area (Å²) in [6.45, 7) is 0.476. The second-order valence-electron chi connectivity index (χ2n) is 6.03. The van der Waals surface area contributed by atoms with Crippen LogP contribution in [0.2, 0.25) is 0 Å². The van der Waals surface area contributed by atoms with Crippen molar-refractivity contribution < 1.29 is 9.59 Å². The number of benzene rings is 2. The maximum Gasteiger partial charge on any atom is 0.252 e. The Morgan fingerprint density at radius 2 is 1.91 bits per heavy atom. The summed E-state index contributed by atoms with van der Waals surface area (Å²) in [4.78, 5) is 24.6. The standard InChI is InChI=1S/C18H17N3O2/c19-16-12-6-2-1-4-10(12)8-14(16)21-17(22)13-7-3-5-11-9-20-18(23)15(11)13/h1-7,14,16H,8-9,19H2,(H,20,23)(H,21,22)/t14-,16-/m1/s1. The zero-order chi connectivity index (χ0) is 16.0. The van der Waals surface area contributed by atoms with Gasteiger partial charge in [0.1, 0.15) is 0 Å². The number of nitrogens with one attached hydrogen (secondary N) is 2. The highest BCUT2D eigenvalue weighted by Crippen LogP contribution is 2.30. The molecule has 1 aliphatic heterocycles. The van der Waals surface area contributed by atoms with E-state index in [-0.39, 0.29) is 23.9 Å². The van der Waals surface area contributed by atoms with Crippen molar-refractivity contribution in [2.45, 2.75) is 25.0 Å². The lowest BCUT2D eigenvalue weighted by atomic mass is 10.0. The van der Waals surface area contributed by atoms with E-state index in [4.69, 9.17) is 5.73 Å². The van der Waals surface area contributed by atoms with Crippen LogP contribution >= 0.6 is 0 Å². The summed E-state index contributed by atoms with van der Waals surface area (Å²) in [5, 5.41) is 5.75. The second kappa shape index (κ2) is 5.21. The Hall–Kier alpha value is -2.66. The average Bonchev–Trinajstić information content (AvgIpc) is 3.09. The van der Waals surface area contributed by atoms with Gasteiger partial charge in [0.25, 0.3) is 11.8 Å². The first-order valence-electron chi connectivity index (χ1n) is 7.69. The van der Waals surface area contributed by atoms with Gasteiger partial charge in [-0.15, -0.1) is 0 Å². The lowest BCUT2D eigenvalue weighted by Crippen LogP contribution is -2.41. The first-order chi connectivity index (χ1) is 11.1. The minimum absolute atomic E-state index is 0.153. The molecule has 0 fully saturated rings. The Morgan fingerprint density at radius 1 is 1.13 bits per heavy atom.